The summed E-state index contributed by atoms with van der Waals surface area (Å²) in [6, 6.07) is 40.8. The zero-order valence-electron chi connectivity index (χ0n) is 26.1. The number of hydrogen-bond donors (Lipinski definition) is 3. The molecule has 47 heavy (non-hydrogen) atoms. The van der Waals surface area contributed by atoms with Crippen LogP contribution in [0.4, 0.5) is 11.4 Å². The molecule has 0 aromatic heterocycles. The second kappa shape index (κ2) is 16.1. The van der Waals surface area contributed by atoms with E-state index in [1.807, 2.05) is 111 Å². The third-order valence-electron chi connectivity index (χ3n) is 7.05. The topological polar surface area (TPSA) is 96.5 Å². The molecule has 1 atom stereocenters. The van der Waals surface area contributed by atoms with Crippen LogP contribution in [0.15, 0.2) is 144 Å². The minimum Gasteiger partial charge on any atom is -0.489 e. The first-order valence-corrected chi connectivity index (χ1v) is 16.0. The van der Waals surface area contributed by atoms with Gasteiger partial charge in [0, 0.05) is 21.8 Å². The lowest BCUT2D eigenvalue weighted by atomic mass is 10.1. The van der Waals surface area contributed by atoms with Crippen LogP contribution in [0.25, 0.3) is 6.08 Å². The van der Waals surface area contributed by atoms with Gasteiger partial charge < -0.3 is 20.7 Å². The number of rotatable bonds is 12. The molecule has 1 unspecified atom stereocenters. The van der Waals surface area contributed by atoms with Crippen LogP contribution in [-0.2, 0) is 16.2 Å². The number of hydrogen-bond acceptors (Lipinski definition) is 5. The van der Waals surface area contributed by atoms with Gasteiger partial charge >= 0.3 is 0 Å². The van der Waals surface area contributed by atoms with E-state index in [4.69, 9.17) is 4.74 Å². The fourth-order valence-corrected chi connectivity index (χ4v) is 5.42. The van der Waals surface area contributed by atoms with Crippen LogP contribution < -0.4 is 20.7 Å². The quantitative estimate of drug-likeness (QED) is 0.0945. The maximum absolute atomic E-state index is 13.5. The van der Waals surface area contributed by atoms with E-state index in [0.717, 1.165) is 21.7 Å². The van der Waals surface area contributed by atoms with Gasteiger partial charge in [0.15, 0.2) is 0 Å². The molecule has 5 rings (SSSR count). The number of anilines is 2. The van der Waals surface area contributed by atoms with Crippen LogP contribution in [0.3, 0.4) is 0 Å². The number of aryl methyl sites for hydroxylation is 1. The normalized spacial score (nSPS) is 11.7. The van der Waals surface area contributed by atoms with Gasteiger partial charge in [-0.15, -0.1) is 11.8 Å². The molecule has 5 aromatic rings. The molecule has 0 saturated carbocycles. The van der Waals surface area contributed by atoms with Crippen LogP contribution in [0, 0.1) is 6.92 Å². The Morgan fingerprint density at radius 3 is 2.11 bits per heavy atom. The van der Waals surface area contributed by atoms with Crippen molar-refractivity contribution in [2.24, 2.45) is 0 Å². The lowest BCUT2D eigenvalue weighted by molar-refractivity contribution is -0.115. The summed E-state index contributed by atoms with van der Waals surface area (Å²) in [5.41, 5.74) is 4.65. The third kappa shape index (κ3) is 9.94. The highest BCUT2D eigenvalue weighted by Crippen LogP contribution is 2.26. The maximum atomic E-state index is 13.5. The highest BCUT2D eigenvalue weighted by atomic mass is 32.2. The van der Waals surface area contributed by atoms with Gasteiger partial charge in [0.05, 0.1) is 5.25 Å². The van der Waals surface area contributed by atoms with Gasteiger partial charge in [-0.05, 0) is 97.3 Å². The number of benzene rings is 5. The molecule has 0 fully saturated rings. The first kappa shape index (κ1) is 32.8. The summed E-state index contributed by atoms with van der Waals surface area (Å²) >= 11 is 1.42. The van der Waals surface area contributed by atoms with E-state index in [-0.39, 0.29) is 16.9 Å². The Labute approximate surface area is 279 Å². The molecule has 7 nitrogen and oxygen atoms in total. The SMILES string of the molecule is Cc1cccc(NC(=O)C(C)Sc2ccc(NC(=O)/C(=C/c3ccc(OCc4ccccc4)cc3)NC(=O)c3ccccc3)cc2)c1. The molecule has 0 aliphatic carbocycles. The van der Waals surface area contributed by atoms with Gasteiger partial charge in [0.2, 0.25) is 5.91 Å². The second-order valence-corrected chi connectivity index (χ2v) is 12.2. The van der Waals surface area contributed by atoms with Gasteiger partial charge in [-0.25, -0.2) is 0 Å². The molecule has 236 valence electrons. The highest BCUT2D eigenvalue weighted by molar-refractivity contribution is 8.00. The predicted molar refractivity (Wildman–Crippen MR) is 189 cm³/mol. The molecule has 5 aromatic carbocycles. The van der Waals surface area contributed by atoms with Crippen LogP contribution in [0.2, 0.25) is 0 Å². The van der Waals surface area contributed by atoms with Gasteiger partial charge in [0.25, 0.3) is 11.8 Å². The lowest BCUT2D eigenvalue weighted by Crippen LogP contribution is -2.30. The monoisotopic (exact) mass is 641 g/mol. The predicted octanol–water partition coefficient (Wildman–Crippen LogP) is 8.10. The van der Waals surface area contributed by atoms with E-state index in [9.17, 15) is 14.4 Å². The summed E-state index contributed by atoms with van der Waals surface area (Å²) in [7, 11) is 0. The van der Waals surface area contributed by atoms with Crippen LogP contribution in [0.1, 0.15) is 34.0 Å². The first-order chi connectivity index (χ1) is 22.8. The fraction of sp³-hybridized carbons (Fsp3) is 0.103. The maximum Gasteiger partial charge on any atom is 0.272 e. The fourth-order valence-electron chi connectivity index (χ4n) is 4.55. The summed E-state index contributed by atoms with van der Waals surface area (Å²) in [5, 5.41) is 8.25. The van der Waals surface area contributed by atoms with Crippen molar-refractivity contribution in [3.8, 4) is 5.75 Å². The molecule has 0 spiro atoms. The van der Waals surface area contributed by atoms with Crippen LogP contribution in [-0.4, -0.2) is 23.0 Å². The molecule has 0 saturated heterocycles. The average Bonchev–Trinajstić information content (AvgIpc) is 3.09. The van der Waals surface area contributed by atoms with Crippen molar-refractivity contribution in [1.29, 1.82) is 0 Å². The molecule has 0 radical (unpaired) electrons. The second-order valence-electron chi connectivity index (χ2n) is 10.8. The lowest BCUT2D eigenvalue weighted by Gasteiger charge is -2.14. The van der Waals surface area contributed by atoms with E-state index < -0.39 is 11.8 Å². The number of thioether (sulfide) groups is 1. The molecule has 0 heterocycles. The van der Waals surface area contributed by atoms with Crippen molar-refractivity contribution >= 4 is 46.9 Å². The van der Waals surface area contributed by atoms with Crippen molar-refractivity contribution in [3.63, 3.8) is 0 Å². The van der Waals surface area contributed by atoms with Gasteiger partial charge in [-0.2, -0.15) is 0 Å². The number of ether oxygens (including phenoxy) is 1. The minimum absolute atomic E-state index is 0.0803. The number of carbonyl (C=O) groups is 3. The Balaban J connectivity index is 1.25. The Kier molecular flexibility index (Phi) is 11.2. The Bertz CT molecular complexity index is 1840. The van der Waals surface area contributed by atoms with E-state index in [1.54, 1.807) is 42.5 Å². The molecule has 0 aliphatic rings. The van der Waals surface area contributed by atoms with Crippen LogP contribution in [0.5, 0.6) is 5.75 Å². The molecule has 3 N–H and O–H groups in total. The summed E-state index contributed by atoms with van der Waals surface area (Å²) in [5.74, 6) is -0.299. The minimum atomic E-state index is -0.481. The van der Waals surface area contributed by atoms with E-state index in [0.29, 0.717) is 29.2 Å². The first-order valence-electron chi connectivity index (χ1n) is 15.1. The summed E-state index contributed by atoms with van der Waals surface area (Å²) in [6.45, 7) is 4.26. The zero-order chi connectivity index (χ0) is 33.0. The van der Waals surface area contributed by atoms with Crippen molar-refractivity contribution < 1.29 is 19.1 Å². The summed E-state index contributed by atoms with van der Waals surface area (Å²) in [4.78, 5) is 40.1. The van der Waals surface area contributed by atoms with Gasteiger partial charge in [-0.1, -0.05) is 72.8 Å². The number of carbonyl (C=O) groups excluding carboxylic acids is 3. The van der Waals surface area contributed by atoms with E-state index in [2.05, 4.69) is 16.0 Å². The van der Waals surface area contributed by atoms with Crippen molar-refractivity contribution in [2.45, 2.75) is 30.6 Å². The molecule has 8 heteroatoms. The zero-order valence-corrected chi connectivity index (χ0v) is 26.9. The van der Waals surface area contributed by atoms with Crippen molar-refractivity contribution in [2.75, 3.05) is 10.6 Å². The Morgan fingerprint density at radius 1 is 0.745 bits per heavy atom. The Morgan fingerprint density at radius 2 is 1.43 bits per heavy atom. The standard InChI is InChI=1S/C39H35N3O4S/c1-27-10-9-15-33(24-27)41-37(43)28(2)47-35-22-18-32(19-23-35)40-39(45)36(42-38(44)31-13-7-4-8-14-31)25-29-16-20-34(21-17-29)46-26-30-11-5-3-6-12-30/h3-25,28H,26H2,1-2H3,(H,40,45)(H,41,43)(H,42,44)/b36-25-. The number of amides is 3. The smallest absolute Gasteiger partial charge is 0.272 e. The number of nitrogens with one attached hydrogen (secondary N) is 3. The van der Waals surface area contributed by atoms with Crippen molar-refractivity contribution in [1.82, 2.24) is 5.32 Å². The van der Waals surface area contributed by atoms with Gasteiger partial charge in [0.1, 0.15) is 18.1 Å². The largest absolute Gasteiger partial charge is 0.489 e. The summed E-state index contributed by atoms with van der Waals surface area (Å²) in [6.07, 6.45) is 1.62. The Hall–Kier alpha value is -5.60. The molecular weight excluding hydrogens is 607 g/mol. The average molecular weight is 642 g/mol. The van der Waals surface area contributed by atoms with Gasteiger partial charge in [-0.3, -0.25) is 14.4 Å². The van der Waals surface area contributed by atoms with Crippen molar-refractivity contribution in [3.05, 3.63) is 161 Å². The molecular formula is C39H35N3O4S. The molecule has 3 amide bonds. The van der Waals surface area contributed by atoms with E-state index in [1.165, 1.54) is 11.8 Å². The third-order valence-corrected chi connectivity index (χ3v) is 8.16. The molecule has 0 aliphatic heterocycles. The van der Waals surface area contributed by atoms with E-state index >= 15 is 0 Å². The summed E-state index contributed by atoms with van der Waals surface area (Å²) < 4.78 is 5.88. The highest BCUT2D eigenvalue weighted by Gasteiger charge is 2.17. The molecule has 0 bridgehead atoms. The van der Waals surface area contributed by atoms with Crippen LogP contribution >= 0.6 is 11.8 Å².